The second-order valence-electron chi connectivity index (χ2n) is 4.58. The molecule has 2 rings (SSSR count). The number of aliphatic hydroxyl groups excluding tert-OH is 1. The lowest BCUT2D eigenvalue weighted by atomic mass is 10.2. The zero-order valence-electron chi connectivity index (χ0n) is 11.4. The first-order valence-corrected chi connectivity index (χ1v) is 8.24. The first-order valence-electron chi connectivity index (χ1n) is 6.38. The number of benzene rings is 1. The fourth-order valence-electron chi connectivity index (χ4n) is 1.91. The van der Waals surface area contributed by atoms with Gasteiger partial charge in [-0.05, 0) is 43.2 Å². The van der Waals surface area contributed by atoms with Gasteiger partial charge in [0.1, 0.15) is 11.9 Å². The third-order valence-corrected chi connectivity index (χ3v) is 5.10. The Morgan fingerprint density at radius 2 is 2.10 bits per heavy atom. The molecule has 0 unspecified atom stereocenters. The molecule has 2 aromatic rings. The zero-order chi connectivity index (χ0) is 15.5. The van der Waals surface area contributed by atoms with E-state index < -0.39 is 16.1 Å². The lowest BCUT2D eigenvalue weighted by Crippen LogP contribution is -2.26. The van der Waals surface area contributed by atoms with Crippen LogP contribution in [0.4, 0.5) is 0 Å². The van der Waals surface area contributed by atoms with Gasteiger partial charge in [-0.3, -0.25) is 0 Å². The molecule has 0 fully saturated rings. The summed E-state index contributed by atoms with van der Waals surface area (Å²) in [5.74, 6) is 0.410. The molecule has 1 aromatic heterocycles. The van der Waals surface area contributed by atoms with Gasteiger partial charge in [0.25, 0.3) is 0 Å². The van der Waals surface area contributed by atoms with Crippen molar-refractivity contribution in [3.63, 3.8) is 0 Å². The molecule has 114 valence electrons. The highest BCUT2D eigenvalue weighted by Crippen LogP contribution is 2.23. The lowest BCUT2D eigenvalue weighted by Gasteiger charge is -2.11. The van der Waals surface area contributed by atoms with Gasteiger partial charge in [0.05, 0.1) is 11.2 Å². The minimum atomic E-state index is -3.65. The maximum absolute atomic E-state index is 12.2. The third-order valence-electron chi connectivity index (χ3n) is 3.09. The highest BCUT2D eigenvalue weighted by atomic mass is 35.5. The van der Waals surface area contributed by atoms with Crippen molar-refractivity contribution in [1.29, 1.82) is 0 Å². The fourth-order valence-corrected chi connectivity index (χ4v) is 3.45. The Labute approximate surface area is 128 Å². The van der Waals surface area contributed by atoms with Crippen LogP contribution in [0.1, 0.15) is 23.8 Å². The molecular formula is C14H16ClNO4S. The van der Waals surface area contributed by atoms with Crippen LogP contribution in [-0.2, 0) is 10.0 Å². The molecule has 0 amide bonds. The Morgan fingerprint density at radius 1 is 1.33 bits per heavy atom. The molecule has 1 atom stereocenters. The first-order chi connectivity index (χ1) is 9.92. The van der Waals surface area contributed by atoms with E-state index in [1.165, 1.54) is 12.3 Å². The molecule has 21 heavy (non-hydrogen) atoms. The maximum atomic E-state index is 12.2. The largest absolute Gasteiger partial charge is 0.467 e. The van der Waals surface area contributed by atoms with Crippen LogP contribution >= 0.6 is 11.6 Å². The summed E-state index contributed by atoms with van der Waals surface area (Å²) < 4.78 is 31.9. The highest BCUT2D eigenvalue weighted by molar-refractivity contribution is 7.89. The van der Waals surface area contributed by atoms with E-state index in [1.54, 1.807) is 31.2 Å². The van der Waals surface area contributed by atoms with Gasteiger partial charge < -0.3 is 9.52 Å². The van der Waals surface area contributed by atoms with Crippen LogP contribution in [0.25, 0.3) is 0 Å². The van der Waals surface area contributed by atoms with Crippen molar-refractivity contribution in [2.45, 2.75) is 24.3 Å². The molecule has 2 N–H and O–H groups in total. The summed E-state index contributed by atoms with van der Waals surface area (Å²) in [6.45, 7) is 1.74. The molecule has 0 aliphatic rings. The van der Waals surface area contributed by atoms with E-state index >= 15 is 0 Å². The van der Waals surface area contributed by atoms with Crippen molar-refractivity contribution in [2.24, 2.45) is 0 Å². The van der Waals surface area contributed by atoms with Crippen molar-refractivity contribution in [3.8, 4) is 0 Å². The minimum absolute atomic E-state index is 0.0934. The number of halogens is 1. The summed E-state index contributed by atoms with van der Waals surface area (Å²) in [5.41, 5.74) is 0.498. The van der Waals surface area contributed by atoms with Crippen LogP contribution in [0.15, 0.2) is 45.9 Å². The highest BCUT2D eigenvalue weighted by Gasteiger charge is 2.18. The van der Waals surface area contributed by atoms with E-state index in [0.717, 1.165) is 0 Å². The summed E-state index contributed by atoms with van der Waals surface area (Å²) in [6.07, 6.45) is 0.827. The summed E-state index contributed by atoms with van der Waals surface area (Å²) in [6, 6.07) is 8.02. The predicted octanol–water partition coefficient (Wildman–Crippen LogP) is 2.64. The molecule has 0 radical (unpaired) electrons. The Morgan fingerprint density at radius 3 is 2.76 bits per heavy atom. The summed E-state index contributed by atoms with van der Waals surface area (Å²) >= 11 is 5.93. The maximum Gasteiger partial charge on any atom is 0.240 e. The van der Waals surface area contributed by atoms with Gasteiger partial charge in [0.15, 0.2) is 0 Å². The number of sulfonamides is 1. The van der Waals surface area contributed by atoms with Crippen LogP contribution in [0.2, 0.25) is 5.02 Å². The lowest BCUT2D eigenvalue weighted by molar-refractivity contribution is 0.142. The van der Waals surface area contributed by atoms with E-state index in [4.69, 9.17) is 16.0 Å². The second kappa shape index (κ2) is 6.62. The first kappa shape index (κ1) is 16.0. The minimum Gasteiger partial charge on any atom is -0.467 e. The fraction of sp³-hybridized carbons (Fsp3) is 0.286. The Kier molecular flexibility index (Phi) is 5.05. The van der Waals surface area contributed by atoms with Gasteiger partial charge in [0.2, 0.25) is 10.0 Å². The Balaban J connectivity index is 2.00. The molecular weight excluding hydrogens is 314 g/mol. The summed E-state index contributed by atoms with van der Waals surface area (Å²) in [7, 11) is -3.65. The van der Waals surface area contributed by atoms with E-state index in [1.807, 2.05) is 0 Å². The van der Waals surface area contributed by atoms with Gasteiger partial charge in [-0.2, -0.15) is 0 Å². The smallest absolute Gasteiger partial charge is 0.240 e. The quantitative estimate of drug-likeness (QED) is 0.853. The van der Waals surface area contributed by atoms with Gasteiger partial charge in [-0.25, -0.2) is 13.1 Å². The van der Waals surface area contributed by atoms with Crippen molar-refractivity contribution in [1.82, 2.24) is 4.72 Å². The van der Waals surface area contributed by atoms with Crippen LogP contribution in [-0.4, -0.2) is 20.1 Å². The zero-order valence-corrected chi connectivity index (χ0v) is 13.0. The van der Waals surface area contributed by atoms with Gasteiger partial charge in [0, 0.05) is 11.6 Å². The van der Waals surface area contributed by atoms with Crippen LogP contribution in [0.5, 0.6) is 0 Å². The molecule has 1 heterocycles. The predicted molar refractivity (Wildman–Crippen MR) is 79.7 cm³/mol. The topological polar surface area (TPSA) is 79.5 Å². The summed E-state index contributed by atoms with van der Waals surface area (Å²) in [4.78, 5) is 0.141. The molecule has 0 bridgehead atoms. The van der Waals surface area contributed by atoms with Gasteiger partial charge >= 0.3 is 0 Å². The molecule has 0 saturated heterocycles. The number of hydrogen-bond donors (Lipinski definition) is 2. The number of aliphatic hydroxyl groups is 1. The molecule has 0 saturated carbocycles. The van der Waals surface area contributed by atoms with Gasteiger partial charge in [-0.1, -0.05) is 17.7 Å². The molecule has 7 heteroatoms. The van der Waals surface area contributed by atoms with Crippen LogP contribution in [0, 0.1) is 6.92 Å². The van der Waals surface area contributed by atoms with Crippen LogP contribution < -0.4 is 4.72 Å². The molecule has 0 aliphatic carbocycles. The van der Waals surface area contributed by atoms with Crippen molar-refractivity contribution in [3.05, 3.63) is 52.9 Å². The van der Waals surface area contributed by atoms with Gasteiger partial charge in [-0.15, -0.1) is 0 Å². The second-order valence-corrected chi connectivity index (χ2v) is 6.72. The van der Waals surface area contributed by atoms with Crippen molar-refractivity contribution < 1.29 is 17.9 Å². The number of furan rings is 1. The van der Waals surface area contributed by atoms with E-state index in [-0.39, 0.29) is 17.9 Å². The Hall–Kier alpha value is -1.34. The molecule has 1 aromatic carbocycles. The Bertz CT molecular complexity index is 698. The average molecular weight is 330 g/mol. The monoisotopic (exact) mass is 329 g/mol. The molecule has 5 nitrogen and oxygen atoms in total. The van der Waals surface area contributed by atoms with E-state index in [2.05, 4.69) is 4.72 Å². The van der Waals surface area contributed by atoms with Crippen molar-refractivity contribution in [2.75, 3.05) is 6.54 Å². The van der Waals surface area contributed by atoms with E-state index in [0.29, 0.717) is 16.3 Å². The number of hydrogen-bond acceptors (Lipinski definition) is 4. The average Bonchev–Trinajstić information content (AvgIpc) is 2.95. The molecule has 0 spiro atoms. The molecule has 0 aliphatic heterocycles. The summed E-state index contributed by atoms with van der Waals surface area (Å²) in [5, 5.41) is 10.2. The number of nitrogens with one attached hydrogen (secondary N) is 1. The van der Waals surface area contributed by atoms with Crippen LogP contribution in [0.3, 0.4) is 0 Å². The van der Waals surface area contributed by atoms with E-state index in [9.17, 15) is 13.5 Å². The SMILES string of the molecule is Cc1c(Cl)cccc1S(=O)(=O)NCC[C@H](O)c1ccco1. The number of rotatable bonds is 6. The van der Waals surface area contributed by atoms with Crippen molar-refractivity contribution >= 4 is 21.6 Å². The normalized spacial score (nSPS) is 13.3. The third kappa shape index (κ3) is 3.85. The standard InChI is InChI=1S/C14H16ClNO4S/c1-10-11(15)4-2-6-14(10)21(18,19)16-8-7-12(17)13-5-3-9-20-13/h2-6,9,12,16-17H,7-8H2,1H3/t12-/m0/s1.